The summed E-state index contributed by atoms with van der Waals surface area (Å²) < 4.78 is 20.6. The number of rotatable bonds is 7. The number of aromatic nitrogens is 2. The van der Waals surface area contributed by atoms with Crippen LogP contribution in [0.4, 0.5) is 0 Å². The fraction of sp³-hybridized carbons (Fsp3) is 0.158. The van der Waals surface area contributed by atoms with Crippen LogP contribution in [-0.4, -0.2) is 32.3 Å². The first-order valence-electron chi connectivity index (χ1n) is 7.92. The van der Waals surface area contributed by atoms with Gasteiger partial charge in [-0.25, -0.2) is 9.78 Å². The first-order valence-corrected chi connectivity index (χ1v) is 9.14. The van der Waals surface area contributed by atoms with Crippen molar-refractivity contribution in [2.45, 2.75) is 16.7 Å². The topological polar surface area (TPSA) is 87.4 Å². The summed E-state index contributed by atoms with van der Waals surface area (Å²) in [5.74, 6) is -0.352. The van der Waals surface area contributed by atoms with E-state index in [1.807, 2.05) is 35.0 Å². The summed E-state index contributed by atoms with van der Waals surface area (Å²) in [5.41, 5.74) is 0.985. The van der Waals surface area contributed by atoms with Crippen LogP contribution in [-0.2, 0) is 17.7 Å². The van der Waals surface area contributed by atoms with E-state index in [2.05, 4.69) is 4.98 Å². The van der Waals surface area contributed by atoms with Gasteiger partial charge in [-0.15, -0.1) is 0 Å². The number of para-hydroxylation sites is 1. The van der Waals surface area contributed by atoms with Crippen LogP contribution in [0.3, 0.4) is 0 Å². The molecule has 0 saturated heterocycles. The molecule has 1 aromatic heterocycles. The molecule has 134 valence electrons. The summed E-state index contributed by atoms with van der Waals surface area (Å²) in [6.07, 6.45) is 5.16. The average Bonchev–Trinajstić information content (AvgIpc) is 3.19. The molecule has 0 aliphatic rings. The molecule has 3 aromatic rings. The zero-order valence-electron chi connectivity index (χ0n) is 14.1. The van der Waals surface area contributed by atoms with Gasteiger partial charge < -0.3 is 19.0 Å². The Morgan fingerprint density at radius 3 is 2.62 bits per heavy atom. The summed E-state index contributed by atoms with van der Waals surface area (Å²) in [5, 5.41) is 8.66. The van der Waals surface area contributed by atoms with Gasteiger partial charge in [-0.2, -0.15) is 0 Å². The van der Waals surface area contributed by atoms with Gasteiger partial charge in [-0.1, -0.05) is 18.2 Å². The zero-order chi connectivity index (χ0) is 18.5. The molecule has 3 rings (SSSR count). The minimum Gasteiger partial charge on any atom is -0.611 e. The number of hydrogen-bond acceptors (Lipinski definition) is 4. The number of carboxylic acids is 1. The van der Waals surface area contributed by atoms with Gasteiger partial charge in [-0.3, -0.25) is 0 Å². The van der Waals surface area contributed by atoms with Gasteiger partial charge >= 0.3 is 5.97 Å². The fourth-order valence-electron chi connectivity index (χ4n) is 2.70. The van der Waals surface area contributed by atoms with E-state index in [1.54, 1.807) is 31.8 Å². The number of hydrogen-bond donors (Lipinski definition) is 1. The third kappa shape index (κ3) is 3.89. The van der Waals surface area contributed by atoms with Crippen LogP contribution in [0.5, 0.6) is 5.75 Å². The summed E-state index contributed by atoms with van der Waals surface area (Å²) >= 11 is -1.41. The second-order valence-electron chi connectivity index (χ2n) is 5.62. The van der Waals surface area contributed by atoms with Gasteiger partial charge in [0.2, 0.25) is 0 Å². The summed E-state index contributed by atoms with van der Waals surface area (Å²) in [4.78, 5) is 15.6. The highest BCUT2D eigenvalue weighted by Crippen LogP contribution is 2.35. The van der Waals surface area contributed by atoms with Crippen LogP contribution in [0, 0.1) is 0 Å². The molecule has 1 N–H and O–H groups in total. The van der Waals surface area contributed by atoms with Crippen molar-refractivity contribution in [3.63, 3.8) is 0 Å². The molecule has 0 bridgehead atoms. The molecule has 2 atom stereocenters. The highest BCUT2D eigenvalue weighted by molar-refractivity contribution is 7.91. The van der Waals surface area contributed by atoms with Crippen molar-refractivity contribution in [3.05, 3.63) is 78.4 Å². The number of carbonyl (C=O) groups is 1. The lowest BCUT2D eigenvalue weighted by molar-refractivity contribution is 0.0697. The van der Waals surface area contributed by atoms with E-state index in [0.717, 1.165) is 5.56 Å². The normalized spacial score (nSPS) is 13.2. The summed E-state index contributed by atoms with van der Waals surface area (Å²) in [6.45, 7) is 0.452. The number of methoxy groups -OCH3 is 1. The quantitative estimate of drug-likeness (QED) is 0.646. The minimum atomic E-state index is -1.41. The Morgan fingerprint density at radius 1 is 1.27 bits per heavy atom. The molecule has 2 aromatic carbocycles. The molecule has 0 saturated carbocycles. The van der Waals surface area contributed by atoms with E-state index in [4.69, 9.17) is 9.84 Å². The smallest absolute Gasteiger partial charge is 0.335 e. The van der Waals surface area contributed by atoms with Crippen LogP contribution in [0.2, 0.25) is 0 Å². The zero-order valence-corrected chi connectivity index (χ0v) is 14.9. The number of carboxylic acid groups (broad SMARTS) is 1. The molecule has 26 heavy (non-hydrogen) atoms. The number of nitrogens with zero attached hydrogens (tertiary/aromatic N) is 2. The van der Waals surface area contributed by atoms with Gasteiger partial charge in [0.05, 0.1) is 25.5 Å². The largest absolute Gasteiger partial charge is 0.611 e. The Labute approximate surface area is 154 Å². The van der Waals surface area contributed by atoms with Gasteiger partial charge in [-0.05, 0) is 41.5 Å². The van der Waals surface area contributed by atoms with Gasteiger partial charge in [0.25, 0.3) is 0 Å². The second-order valence-corrected chi connectivity index (χ2v) is 7.25. The maximum absolute atomic E-state index is 13.3. The summed E-state index contributed by atoms with van der Waals surface area (Å²) in [7, 11) is 1.58. The standard InChI is InChI=1S/C19H18N2O4S/c1-25-17-5-3-2-4-16(17)18(12-21-11-10-20-13-21)26(24)15-8-6-14(7-9-15)19(22)23/h2-11,13,18H,12H2,1H3,(H,22,23). The average molecular weight is 370 g/mol. The molecule has 0 aliphatic carbocycles. The first kappa shape index (κ1) is 18.0. The van der Waals surface area contributed by atoms with Crippen LogP contribution >= 0.6 is 0 Å². The Bertz CT molecular complexity index is 866. The van der Waals surface area contributed by atoms with Crippen LogP contribution in [0.1, 0.15) is 21.2 Å². The second kappa shape index (κ2) is 8.07. The van der Waals surface area contributed by atoms with Crippen molar-refractivity contribution in [1.82, 2.24) is 9.55 Å². The third-order valence-corrected chi connectivity index (χ3v) is 5.67. The predicted octanol–water partition coefficient (Wildman–Crippen LogP) is 3.14. The predicted molar refractivity (Wildman–Crippen MR) is 97.8 cm³/mol. The fourth-order valence-corrected chi connectivity index (χ4v) is 4.16. The van der Waals surface area contributed by atoms with Crippen molar-refractivity contribution in [3.8, 4) is 5.75 Å². The minimum absolute atomic E-state index is 0.161. The monoisotopic (exact) mass is 370 g/mol. The molecule has 0 amide bonds. The SMILES string of the molecule is COc1ccccc1C(Cn1ccnc1)[S+]([O-])c1ccc(C(=O)O)cc1. The molecular weight excluding hydrogens is 352 g/mol. The van der Waals surface area contributed by atoms with Crippen molar-refractivity contribution in [2.75, 3.05) is 7.11 Å². The molecular formula is C19H18N2O4S. The van der Waals surface area contributed by atoms with Crippen LogP contribution < -0.4 is 4.74 Å². The molecule has 0 aliphatic heterocycles. The third-order valence-electron chi connectivity index (χ3n) is 4.01. The number of benzene rings is 2. The van der Waals surface area contributed by atoms with Gasteiger partial charge in [0.15, 0.2) is 10.1 Å². The molecule has 6 nitrogen and oxygen atoms in total. The molecule has 7 heteroatoms. The van der Waals surface area contributed by atoms with Crippen molar-refractivity contribution < 1.29 is 19.2 Å². The van der Waals surface area contributed by atoms with Crippen molar-refractivity contribution in [2.24, 2.45) is 0 Å². The number of aromatic carboxylic acids is 1. The Morgan fingerprint density at radius 2 is 2.00 bits per heavy atom. The van der Waals surface area contributed by atoms with E-state index in [9.17, 15) is 9.35 Å². The maximum Gasteiger partial charge on any atom is 0.335 e. The molecule has 1 heterocycles. The van der Waals surface area contributed by atoms with Crippen molar-refractivity contribution in [1.29, 1.82) is 0 Å². The van der Waals surface area contributed by atoms with E-state index in [0.29, 0.717) is 17.2 Å². The number of ether oxygens (including phenoxy) is 1. The van der Waals surface area contributed by atoms with E-state index >= 15 is 0 Å². The Balaban J connectivity index is 1.97. The molecule has 2 unspecified atom stereocenters. The van der Waals surface area contributed by atoms with Crippen molar-refractivity contribution >= 4 is 17.1 Å². The molecule has 0 radical (unpaired) electrons. The van der Waals surface area contributed by atoms with Crippen LogP contribution in [0.25, 0.3) is 0 Å². The highest BCUT2D eigenvalue weighted by atomic mass is 32.2. The number of imidazole rings is 1. The Kier molecular flexibility index (Phi) is 5.60. The maximum atomic E-state index is 13.3. The van der Waals surface area contributed by atoms with E-state index in [1.165, 1.54) is 12.1 Å². The van der Waals surface area contributed by atoms with Gasteiger partial charge in [0.1, 0.15) is 5.75 Å². The Hall–Kier alpha value is -2.77. The van der Waals surface area contributed by atoms with Gasteiger partial charge in [0, 0.05) is 18.0 Å². The molecule has 0 spiro atoms. The molecule has 0 fully saturated rings. The summed E-state index contributed by atoms with van der Waals surface area (Å²) in [6, 6.07) is 13.6. The first-order chi connectivity index (χ1) is 12.6. The lowest BCUT2D eigenvalue weighted by Gasteiger charge is -2.23. The highest BCUT2D eigenvalue weighted by Gasteiger charge is 2.30. The van der Waals surface area contributed by atoms with E-state index < -0.39 is 17.1 Å². The van der Waals surface area contributed by atoms with E-state index in [-0.39, 0.29) is 10.8 Å². The lowest BCUT2D eigenvalue weighted by atomic mass is 10.1. The lowest BCUT2D eigenvalue weighted by Crippen LogP contribution is -2.20. The van der Waals surface area contributed by atoms with Crippen LogP contribution in [0.15, 0.2) is 72.1 Å².